The van der Waals surface area contributed by atoms with Gasteiger partial charge in [-0.3, -0.25) is 32.5 Å². The number of phosphoric ester groups is 3. The molecule has 1 saturated heterocycles. The highest BCUT2D eigenvalue weighted by Crippen LogP contribution is 2.61. The third-order valence-electron chi connectivity index (χ3n) is 7.78. The predicted octanol–water partition coefficient (Wildman–Crippen LogP) is -2.02. The van der Waals surface area contributed by atoms with Crippen molar-refractivity contribution >= 4 is 75.1 Å². The number of unbranched alkanes of at least 4 members (excludes halogenated alkanes) is 1. The molecule has 2 amide bonds. The number of anilines is 1. The molecule has 30 heteroatoms. The first-order chi connectivity index (χ1) is 26.4. The molecule has 0 spiro atoms. The number of aliphatic hydroxyl groups excluding tert-OH is 2. The number of ether oxygens (including phenoxy) is 1. The molecule has 0 radical (unpaired) electrons. The number of aliphatic hydroxyl groups is 2. The number of hydrogen-bond acceptors (Lipinski definition) is 20. The minimum absolute atomic E-state index is 0.0206. The number of carbonyl (C=O) groups excluding carboxylic acids is 4. The van der Waals surface area contributed by atoms with E-state index in [4.69, 9.17) is 19.5 Å². The van der Waals surface area contributed by atoms with Crippen molar-refractivity contribution < 1.29 is 90.4 Å². The Hall–Kier alpha value is -2.97. The highest BCUT2D eigenvalue weighted by atomic mass is 32.2. The van der Waals surface area contributed by atoms with E-state index in [9.17, 15) is 67.8 Å². The summed E-state index contributed by atoms with van der Waals surface area (Å²) in [6, 6.07) is 0. The number of carboxylic acid groups (broad SMARTS) is 1. The lowest BCUT2D eigenvalue weighted by molar-refractivity contribution is -0.305. The van der Waals surface area contributed by atoms with Gasteiger partial charge in [0.1, 0.15) is 36.3 Å². The highest BCUT2D eigenvalue weighted by Gasteiger charge is 2.50. The van der Waals surface area contributed by atoms with Crippen LogP contribution in [0.15, 0.2) is 12.7 Å². The van der Waals surface area contributed by atoms with Gasteiger partial charge < -0.3 is 60.8 Å². The van der Waals surface area contributed by atoms with Crippen LogP contribution in [0.5, 0.6) is 0 Å². The Kier molecular flexibility index (Phi) is 17.7. The van der Waals surface area contributed by atoms with Gasteiger partial charge in [-0.2, -0.15) is 4.31 Å². The van der Waals surface area contributed by atoms with Crippen LogP contribution in [0, 0.1) is 5.41 Å². The average molecular weight is 895 g/mol. The quantitative estimate of drug-likeness (QED) is 0.0405. The zero-order valence-electron chi connectivity index (χ0n) is 30.2. The number of aliphatic carboxylic acids is 1. The lowest BCUT2D eigenvalue weighted by Crippen LogP contribution is -2.46. The van der Waals surface area contributed by atoms with Gasteiger partial charge in [-0.05, 0) is 19.3 Å². The van der Waals surface area contributed by atoms with E-state index in [2.05, 4.69) is 34.4 Å². The highest BCUT2D eigenvalue weighted by molar-refractivity contribution is 8.13. The largest absolute Gasteiger partial charge is 0.550 e. The number of aromatic nitrogens is 4. The number of nitrogens with one attached hydrogen (secondary N) is 2. The molecule has 26 nitrogen and oxygen atoms in total. The average Bonchev–Trinajstić information content (AvgIpc) is 3.66. The van der Waals surface area contributed by atoms with Crippen molar-refractivity contribution in [3.05, 3.63) is 12.7 Å². The van der Waals surface area contributed by atoms with E-state index in [1.807, 2.05) is 0 Å². The molecule has 7 atom stereocenters. The molecule has 1 aliphatic rings. The summed E-state index contributed by atoms with van der Waals surface area (Å²) in [4.78, 5) is 97.6. The smallest absolute Gasteiger partial charge is 0.481 e. The third-order valence-corrected chi connectivity index (χ3v) is 11.8. The van der Waals surface area contributed by atoms with E-state index in [1.165, 1.54) is 13.8 Å². The second-order valence-corrected chi connectivity index (χ2v) is 18.3. The molecule has 0 aliphatic carbocycles. The molecule has 57 heavy (non-hydrogen) atoms. The molecule has 1 fully saturated rings. The fourth-order valence-electron chi connectivity index (χ4n) is 4.91. The van der Waals surface area contributed by atoms with Crippen LogP contribution in [0.25, 0.3) is 11.2 Å². The number of phosphoric acid groups is 3. The second kappa shape index (κ2) is 20.8. The summed E-state index contributed by atoms with van der Waals surface area (Å²) in [5.74, 6) is -2.49. The van der Waals surface area contributed by atoms with E-state index < -0.39 is 90.5 Å². The van der Waals surface area contributed by atoms with Crippen molar-refractivity contribution in [3.8, 4) is 0 Å². The van der Waals surface area contributed by atoms with Crippen LogP contribution in [0.4, 0.5) is 5.82 Å². The molecule has 3 heterocycles. The van der Waals surface area contributed by atoms with Gasteiger partial charge in [-0.1, -0.05) is 25.6 Å². The molecule has 3 rings (SSSR count). The van der Waals surface area contributed by atoms with Crippen LogP contribution in [-0.4, -0.2) is 129 Å². The number of fused-ring (bicyclic) bond motifs is 1. The van der Waals surface area contributed by atoms with E-state index in [0.717, 1.165) is 29.0 Å². The topological polar surface area (TPSA) is 404 Å². The Bertz CT molecular complexity index is 1880. The van der Waals surface area contributed by atoms with Crippen LogP contribution in [0.3, 0.4) is 0 Å². The summed E-state index contributed by atoms with van der Waals surface area (Å²) in [6.45, 7) is 0.294. The Labute approximate surface area is 327 Å². The monoisotopic (exact) mass is 894 g/mol. The normalized spacial score (nSPS) is 21.4. The van der Waals surface area contributed by atoms with Crippen molar-refractivity contribution in [2.45, 2.75) is 76.6 Å². The van der Waals surface area contributed by atoms with Gasteiger partial charge in [0.25, 0.3) is 0 Å². The molecule has 2 aromatic heterocycles. The number of carboxylic acids is 1. The maximum absolute atomic E-state index is 12.7. The van der Waals surface area contributed by atoms with Crippen LogP contribution in [-0.2, 0) is 55.5 Å². The van der Waals surface area contributed by atoms with Crippen LogP contribution < -0.4 is 21.5 Å². The van der Waals surface area contributed by atoms with Gasteiger partial charge in [-0.25, -0.2) is 28.6 Å². The first-order valence-electron chi connectivity index (χ1n) is 16.7. The van der Waals surface area contributed by atoms with E-state index in [-0.39, 0.29) is 60.2 Å². The van der Waals surface area contributed by atoms with Gasteiger partial charge in [0.05, 0.1) is 19.5 Å². The van der Waals surface area contributed by atoms with Crippen LogP contribution in [0.1, 0.15) is 52.2 Å². The molecular weight excluding hydrogens is 851 g/mol. The minimum atomic E-state index is -5.59. The third kappa shape index (κ3) is 15.6. The molecule has 0 saturated carbocycles. The summed E-state index contributed by atoms with van der Waals surface area (Å²) < 4.78 is 62.0. The molecular formula is C27H43N7O19P3S-. The fraction of sp³-hybridized carbons (Fsp3) is 0.667. The van der Waals surface area contributed by atoms with Gasteiger partial charge in [0.15, 0.2) is 22.8 Å². The number of hydrogen-bond donors (Lipinski definition) is 9. The Morgan fingerprint density at radius 1 is 1.02 bits per heavy atom. The molecule has 0 bridgehead atoms. The number of imidazole rings is 1. The Balaban J connectivity index is 1.46. The molecule has 7 unspecified atom stereocenters. The lowest BCUT2D eigenvalue weighted by atomic mass is 9.87. The molecule has 10 N–H and O–H groups in total. The summed E-state index contributed by atoms with van der Waals surface area (Å²) in [5.41, 5.74) is 4.21. The molecule has 1 aliphatic heterocycles. The number of amides is 2. The fourth-order valence-corrected chi connectivity index (χ4v) is 8.46. The first-order valence-corrected chi connectivity index (χ1v) is 22.2. The van der Waals surface area contributed by atoms with Crippen molar-refractivity contribution in [1.82, 2.24) is 30.2 Å². The van der Waals surface area contributed by atoms with E-state index in [1.54, 1.807) is 0 Å². The van der Waals surface area contributed by atoms with Crippen molar-refractivity contribution in [2.75, 3.05) is 37.8 Å². The summed E-state index contributed by atoms with van der Waals surface area (Å²) in [5, 5.41) is 36.5. The number of nitrogen functional groups attached to an aromatic ring is 1. The minimum Gasteiger partial charge on any atom is -0.550 e. The summed E-state index contributed by atoms with van der Waals surface area (Å²) >= 11 is 0.966. The Morgan fingerprint density at radius 2 is 1.68 bits per heavy atom. The predicted molar refractivity (Wildman–Crippen MR) is 191 cm³/mol. The van der Waals surface area contributed by atoms with Gasteiger partial charge in [0, 0.05) is 43.1 Å². The first kappa shape index (κ1) is 48.4. The van der Waals surface area contributed by atoms with Crippen LogP contribution in [0.2, 0.25) is 0 Å². The van der Waals surface area contributed by atoms with Crippen molar-refractivity contribution in [2.24, 2.45) is 5.41 Å². The van der Waals surface area contributed by atoms with E-state index >= 15 is 0 Å². The molecule has 322 valence electrons. The standard InChI is InChI=1S/C27H44N7O19P3S/c1-27(2,22(40)25(41)30-8-7-16(35)29-9-10-57-18(38)6-4-3-5-17(36)37)12-50-56(47,48)53-55(45,46)49-11-15-21(52-54(42,43)44)20(39)26(51-15)34-14-33-19-23(28)31-13-32-24(19)34/h13-15,20-22,26,39-40H,3-12H2,1-2H3,(H,29,35)(H,30,41)(H,36,37)(H,45,46)(H,47,48)(H2,28,31,32)(H2,42,43,44)/p-1. The second-order valence-electron chi connectivity index (χ2n) is 12.9. The van der Waals surface area contributed by atoms with Gasteiger partial charge >= 0.3 is 23.5 Å². The molecule has 0 aromatic carbocycles. The van der Waals surface area contributed by atoms with Gasteiger partial charge in [-0.15, -0.1) is 0 Å². The summed E-state index contributed by atoms with van der Waals surface area (Å²) in [7, 11) is -16.4. The van der Waals surface area contributed by atoms with E-state index in [0.29, 0.717) is 12.8 Å². The lowest BCUT2D eigenvalue weighted by Gasteiger charge is -2.30. The maximum atomic E-state index is 12.7. The molecule has 2 aromatic rings. The van der Waals surface area contributed by atoms with Crippen molar-refractivity contribution in [1.29, 1.82) is 0 Å². The number of rotatable bonds is 24. The number of nitrogens with zero attached hydrogens (tertiary/aromatic N) is 4. The van der Waals surface area contributed by atoms with Gasteiger partial charge in [0.2, 0.25) is 11.8 Å². The SMILES string of the molecule is CC(C)(COP(=O)(O)OP(=O)(O)OCC1OC(n2cnc3c(N)ncnc32)C(O)C1OP(=O)(O)O)C(O)C(=O)NCCC(=O)NCCSC(=O)CCCCC(=O)[O-]. The van der Waals surface area contributed by atoms with Crippen LogP contribution >= 0.6 is 35.2 Å². The number of nitrogens with two attached hydrogens (primary N) is 1. The Morgan fingerprint density at radius 3 is 2.35 bits per heavy atom. The number of carbonyl (C=O) groups is 4. The zero-order valence-corrected chi connectivity index (χ0v) is 33.7. The number of thioether (sulfide) groups is 1. The van der Waals surface area contributed by atoms with Crippen molar-refractivity contribution in [3.63, 3.8) is 0 Å². The maximum Gasteiger partial charge on any atom is 0.481 e. The summed E-state index contributed by atoms with van der Waals surface area (Å²) in [6.07, 6.45) is -6.31. The zero-order chi connectivity index (χ0) is 42.8.